The quantitative estimate of drug-likeness (QED) is 0.759. The maximum Gasteiger partial charge on any atom is 0.410 e. The van der Waals surface area contributed by atoms with E-state index in [2.05, 4.69) is 11.0 Å². The van der Waals surface area contributed by atoms with Gasteiger partial charge in [0.25, 0.3) is 0 Å². The summed E-state index contributed by atoms with van der Waals surface area (Å²) in [5.41, 5.74) is 3.51. The molecule has 1 fully saturated rings. The Morgan fingerprint density at radius 2 is 1.73 bits per heavy atom. The van der Waals surface area contributed by atoms with Crippen LogP contribution in [0.25, 0.3) is 0 Å². The van der Waals surface area contributed by atoms with Gasteiger partial charge in [-0.05, 0) is 68.7 Å². The molecule has 1 aliphatic heterocycles. The molecule has 0 saturated carbocycles. The molecule has 2 aromatic rings. The molecule has 0 aromatic heterocycles. The van der Waals surface area contributed by atoms with E-state index >= 15 is 0 Å². The third-order valence-electron chi connectivity index (χ3n) is 5.03. The lowest BCUT2D eigenvalue weighted by molar-refractivity contribution is 0.0240. The van der Waals surface area contributed by atoms with Crippen LogP contribution < -0.4 is 9.64 Å². The number of ether oxygens (including phenoxy) is 2. The van der Waals surface area contributed by atoms with E-state index in [0.29, 0.717) is 18.7 Å². The van der Waals surface area contributed by atoms with E-state index in [4.69, 9.17) is 9.47 Å². The van der Waals surface area contributed by atoms with Crippen LogP contribution in [0.4, 0.5) is 10.5 Å². The summed E-state index contributed by atoms with van der Waals surface area (Å²) in [6.45, 7) is 8.30. The van der Waals surface area contributed by atoms with Gasteiger partial charge in [0.2, 0.25) is 0 Å². The Bertz CT molecular complexity index is 918. The molecule has 6 nitrogen and oxygen atoms in total. The van der Waals surface area contributed by atoms with Crippen molar-refractivity contribution in [3.8, 4) is 11.8 Å². The number of hydrogen-bond acceptors (Lipinski definition) is 5. The first-order chi connectivity index (χ1) is 14.3. The maximum atomic E-state index is 12.3. The van der Waals surface area contributed by atoms with Crippen molar-refractivity contribution >= 4 is 11.8 Å². The van der Waals surface area contributed by atoms with E-state index in [1.807, 2.05) is 63.2 Å². The average molecular weight is 408 g/mol. The highest BCUT2D eigenvalue weighted by Crippen LogP contribution is 2.27. The van der Waals surface area contributed by atoms with Gasteiger partial charge in [-0.15, -0.1) is 0 Å². The first kappa shape index (κ1) is 21.5. The van der Waals surface area contributed by atoms with Crippen molar-refractivity contribution in [3.05, 3.63) is 59.2 Å². The molecule has 0 aliphatic carbocycles. The maximum absolute atomic E-state index is 12.3. The third kappa shape index (κ3) is 5.44. The number of piperazine rings is 1. The zero-order chi connectivity index (χ0) is 21.7. The predicted octanol–water partition coefficient (Wildman–Crippen LogP) is 4.21. The fraction of sp³-hybridized carbons (Fsp3) is 0.417. The number of nitriles is 1. The minimum atomic E-state index is -0.493. The van der Waals surface area contributed by atoms with Crippen molar-refractivity contribution in [2.45, 2.75) is 32.8 Å². The molecule has 1 heterocycles. The molecule has 1 amide bonds. The molecule has 6 heteroatoms. The van der Waals surface area contributed by atoms with Gasteiger partial charge >= 0.3 is 6.09 Å². The monoisotopic (exact) mass is 407 g/mol. The second kappa shape index (κ2) is 9.08. The Balaban J connectivity index is 1.74. The summed E-state index contributed by atoms with van der Waals surface area (Å²) in [5, 5.41) is 9.35. The van der Waals surface area contributed by atoms with Crippen molar-refractivity contribution in [2.75, 3.05) is 38.2 Å². The molecule has 1 aliphatic rings. The standard InChI is InChI=1S/C24H29N3O3/c1-24(2,3)30-23(28)27-13-11-26(12-14-27)22-10-7-19(17-25)16-20(22)15-18-5-8-21(29-4)9-6-18/h5-10,16H,11-15H2,1-4H3. The van der Waals surface area contributed by atoms with Gasteiger partial charge < -0.3 is 19.3 Å². The third-order valence-corrected chi connectivity index (χ3v) is 5.03. The molecule has 1 saturated heterocycles. The van der Waals surface area contributed by atoms with E-state index < -0.39 is 5.60 Å². The number of methoxy groups -OCH3 is 1. The Labute approximate surface area is 178 Å². The summed E-state index contributed by atoms with van der Waals surface area (Å²) in [7, 11) is 1.65. The molecule has 30 heavy (non-hydrogen) atoms. The lowest BCUT2D eigenvalue weighted by Gasteiger charge is -2.37. The molecule has 2 aromatic carbocycles. The smallest absolute Gasteiger partial charge is 0.410 e. The Kier molecular flexibility index (Phi) is 6.51. The van der Waals surface area contributed by atoms with Crippen molar-refractivity contribution in [2.24, 2.45) is 0 Å². The fourth-order valence-electron chi connectivity index (χ4n) is 3.52. The van der Waals surface area contributed by atoms with Gasteiger partial charge in [0, 0.05) is 31.9 Å². The Morgan fingerprint density at radius 1 is 1.07 bits per heavy atom. The number of rotatable bonds is 4. The Morgan fingerprint density at radius 3 is 2.30 bits per heavy atom. The van der Waals surface area contributed by atoms with Crippen LogP contribution in [0.5, 0.6) is 5.75 Å². The zero-order valence-electron chi connectivity index (χ0n) is 18.1. The summed E-state index contributed by atoms with van der Waals surface area (Å²) in [5.74, 6) is 0.822. The highest BCUT2D eigenvalue weighted by molar-refractivity contribution is 5.69. The minimum absolute atomic E-state index is 0.263. The van der Waals surface area contributed by atoms with E-state index in [-0.39, 0.29) is 6.09 Å². The molecular formula is C24H29N3O3. The molecule has 0 unspecified atom stereocenters. The first-order valence-corrected chi connectivity index (χ1v) is 10.2. The van der Waals surface area contributed by atoms with E-state index in [0.717, 1.165) is 42.1 Å². The molecule has 0 radical (unpaired) electrons. The number of nitrogens with zero attached hydrogens (tertiary/aromatic N) is 3. The van der Waals surface area contributed by atoms with Crippen molar-refractivity contribution < 1.29 is 14.3 Å². The molecule has 158 valence electrons. The molecule has 0 spiro atoms. The second-order valence-corrected chi connectivity index (χ2v) is 8.43. The van der Waals surface area contributed by atoms with E-state index in [1.165, 1.54) is 0 Å². The normalized spacial score (nSPS) is 14.2. The van der Waals surface area contributed by atoms with Crippen LogP contribution in [0.2, 0.25) is 0 Å². The SMILES string of the molecule is COc1ccc(Cc2cc(C#N)ccc2N2CCN(C(=O)OC(C)(C)C)CC2)cc1. The van der Waals surface area contributed by atoms with E-state index in [9.17, 15) is 10.1 Å². The summed E-state index contributed by atoms with van der Waals surface area (Å²) in [6.07, 6.45) is 0.460. The van der Waals surface area contributed by atoms with Gasteiger partial charge in [0.1, 0.15) is 11.4 Å². The minimum Gasteiger partial charge on any atom is -0.497 e. The van der Waals surface area contributed by atoms with Gasteiger partial charge in [-0.25, -0.2) is 4.79 Å². The summed E-state index contributed by atoms with van der Waals surface area (Å²) >= 11 is 0. The molecule has 3 rings (SSSR count). The number of carbonyl (C=O) groups is 1. The van der Waals surface area contributed by atoms with Gasteiger partial charge in [-0.2, -0.15) is 5.26 Å². The molecule has 0 N–H and O–H groups in total. The van der Waals surface area contributed by atoms with Crippen LogP contribution in [-0.4, -0.2) is 49.9 Å². The largest absolute Gasteiger partial charge is 0.497 e. The van der Waals surface area contributed by atoms with Gasteiger partial charge in [-0.3, -0.25) is 0 Å². The average Bonchev–Trinajstić information content (AvgIpc) is 2.73. The summed E-state index contributed by atoms with van der Waals surface area (Å²) in [6, 6.07) is 16.0. The van der Waals surface area contributed by atoms with Crippen molar-refractivity contribution in [1.82, 2.24) is 4.90 Å². The summed E-state index contributed by atoms with van der Waals surface area (Å²) < 4.78 is 10.7. The number of carbonyl (C=O) groups excluding carboxylic acids is 1. The van der Waals surface area contributed by atoms with Crippen LogP contribution in [0.3, 0.4) is 0 Å². The second-order valence-electron chi connectivity index (χ2n) is 8.43. The van der Waals surface area contributed by atoms with Crippen LogP contribution in [0, 0.1) is 11.3 Å². The number of benzene rings is 2. The van der Waals surface area contributed by atoms with E-state index in [1.54, 1.807) is 12.0 Å². The highest BCUT2D eigenvalue weighted by atomic mass is 16.6. The number of hydrogen-bond donors (Lipinski definition) is 0. The highest BCUT2D eigenvalue weighted by Gasteiger charge is 2.26. The van der Waals surface area contributed by atoms with Gasteiger partial charge in [0.05, 0.1) is 18.7 Å². The van der Waals surface area contributed by atoms with Gasteiger partial charge in [0.15, 0.2) is 0 Å². The lowest BCUT2D eigenvalue weighted by atomic mass is 10.00. The molecular weight excluding hydrogens is 378 g/mol. The molecule has 0 atom stereocenters. The predicted molar refractivity (Wildman–Crippen MR) is 117 cm³/mol. The topological polar surface area (TPSA) is 65.8 Å². The lowest BCUT2D eigenvalue weighted by Crippen LogP contribution is -2.50. The van der Waals surface area contributed by atoms with Gasteiger partial charge in [-0.1, -0.05) is 12.1 Å². The van der Waals surface area contributed by atoms with Crippen LogP contribution in [0.15, 0.2) is 42.5 Å². The fourth-order valence-corrected chi connectivity index (χ4v) is 3.52. The van der Waals surface area contributed by atoms with Crippen molar-refractivity contribution in [3.63, 3.8) is 0 Å². The van der Waals surface area contributed by atoms with Crippen LogP contribution in [-0.2, 0) is 11.2 Å². The van der Waals surface area contributed by atoms with Crippen LogP contribution in [0.1, 0.15) is 37.5 Å². The first-order valence-electron chi connectivity index (χ1n) is 10.2. The molecule has 0 bridgehead atoms. The zero-order valence-corrected chi connectivity index (χ0v) is 18.1. The number of amides is 1. The van der Waals surface area contributed by atoms with Crippen molar-refractivity contribution in [1.29, 1.82) is 5.26 Å². The number of anilines is 1. The Hall–Kier alpha value is -3.20. The summed E-state index contributed by atoms with van der Waals surface area (Å²) in [4.78, 5) is 16.4. The van der Waals surface area contributed by atoms with Crippen LogP contribution >= 0.6 is 0 Å².